The summed E-state index contributed by atoms with van der Waals surface area (Å²) in [4.78, 5) is 0. The maximum atomic E-state index is 11.9. The van der Waals surface area contributed by atoms with Gasteiger partial charge in [0.2, 0.25) is 10.0 Å². The van der Waals surface area contributed by atoms with Gasteiger partial charge < -0.3 is 0 Å². The highest BCUT2D eigenvalue weighted by molar-refractivity contribution is 7.89. The summed E-state index contributed by atoms with van der Waals surface area (Å²) in [5, 5.41) is -0.361. The molecule has 0 spiro atoms. The first-order chi connectivity index (χ1) is 6.34. The zero-order chi connectivity index (χ0) is 11.4. The van der Waals surface area contributed by atoms with E-state index in [-0.39, 0.29) is 11.3 Å². The van der Waals surface area contributed by atoms with Gasteiger partial charge in [-0.05, 0) is 34.1 Å². The van der Waals surface area contributed by atoms with Crippen LogP contribution in [0.15, 0.2) is 0 Å². The molecule has 0 unspecified atom stereocenters. The predicted octanol–water partition coefficient (Wildman–Crippen LogP) is 2.06. The third-order valence-electron chi connectivity index (χ3n) is 2.01. The molecular formula is C9H20ClNO2S. The van der Waals surface area contributed by atoms with Crippen LogP contribution in [0.1, 0.15) is 34.1 Å². The molecule has 0 atom stereocenters. The van der Waals surface area contributed by atoms with Crippen LogP contribution in [0.2, 0.25) is 0 Å². The smallest absolute Gasteiger partial charge is 0.212 e. The van der Waals surface area contributed by atoms with Gasteiger partial charge in [0.15, 0.2) is 0 Å². The molecule has 3 nitrogen and oxygen atoms in total. The van der Waals surface area contributed by atoms with Crippen molar-refractivity contribution in [1.82, 2.24) is 4.31 Å². The van der Waals surface area contributed by atoms with Crippen LogP contribution in [0.5, 0.6) is 0 Å². The van der Waals surface area contributed by atoms with Crippen LogP contribution < -0.4 is 0 Å². The first-order valence-electron chi connectivity index (χ1n) is 4.90. The normalized spacial score (nSPS) is 13.1. The Balaban J connectivity index is 4.65. The lowest BCUT2D eigenvalue weighted by Crippen LogP contribution is -2.41. The number of rotatable bonds is 6. The van der Waals surface area contributed by atoms with Gasteiger partial charge in [0.25, 0.3) is 0 Å². The maximum Gasteiger partial charge on any atom is 0.216 e. The number of sulfonamides is 1. The Morgan fingerprint density at radius 1 is 1.21 bits per heavy atom. The molecule has 0 rings (SSSR count). The van der Waals surface area contributed by atoms with Gasteiger partial charge in [-0.15, -0.1) is 11.6 Å². The first kappa shape index (κ1) is 14.2. The molecule has 0 saturated heterocycles. The van der Waals surface area contributed by atoms with Crippen molar-refractivity contribution >= 4 is 21.6 Å². The van der Waals surface area contributed by atoms with Crippen molar-refractivity contribution < 1.29 is 8.42 Å². The zero-order valence-corrected chi connectivity index (χ0v) is 10.9. The third kappa shape index (κ3) is 3.75. The Kier molecular flexibility index (Phi) is 6.02. The van der Waals surface area contributed by atoms with Gasteiger partial charge in [0.05, 0.1) is 5.25 Å². The van der Waals surface area contributed by atoms with E-state index < -0.39 is 10.0 Å². The highest BCUT2D eigenvalue weighted by Gasteiger charge is 2.27. The average molecular weight is 242 g/mol. The van der Waals surface area contributed by atoms with Crippen LogP contribution in [0.25, 0.3) is 0 Å². The number of hydrogen-bond donors (Lipinski definition) is 0. The summed E-state index contributed by atoms with van der Waals surface area (Å²) < 4.78 is 25.2. The molecule has 0 fully saturated rings. The summed E-state index contributed by atoms with van der Waals surface area (Å²) in [6.07, 6.45) is 0.700. The second-order valence-electron chi connectivity index (χ2n) is 3.84. The van der Waals surface area contributed by atoms with Crippen LogP contribution in [0, 0.1) is 0 Å². The summed E-state index contributed by atoms with van der Waals surface area (Å²) in [5.74, 6) is 0.497. The average Bonchev–Trinajstić information content (AvgIpc) is 2.03. The molecule has 0 aliphatic rings. The van der Waals surface area contributed by atoms with Gasteiger partial charge in [-0.3, -0.25) is 0 Å². The molecule has 0 aromatic carbocycles. The summed E-state index contributed by atoms with van der Waals surface area (Å²) in [7, 11) is -3.14. The second-order valence-corrected chi connectivity index (χ2v) is 6.66. The largest absolute Gasteiger partial charge is 0.216 e. The highest BCUT2D eigenvalue weighted by atomic mass is 35.5. The Hall–Kier alpha value is 0.200. The van der Waals surface area contributed by atoms with Gasteiger partial charge in [-0.25, -0.2) is 8.42 Å². The minimum Gasteiger partial charge on any atom is -0.212 e. The van der Waals surface area contributed by atoms with Crippen LogP contribution in [0.4, 0.5) is 0 Å². The number of alkyl halides is 1. The summed E-state index contributed by atoms with van der Waals surface area (Å²) in [5.41, 5.74) is 0. The van der Waals surface area contributed by atoms with E-state index in [4.69, 9.17) is 11.6 Å². The fraction of sp³-hybridized carbons (Fsp3) is 1.00. The minimum atomic E-state index is -3.14. The van der Waals surface area contributed by atoms with E-state index in [2.05, 4.69) is 0 Å². The standard InChI is InChI=1S/C9H20ClNO2S/c1-8(2)11(7-5-6-10)14(12,13)9(3)4/h8-9H,5-7H2,1-4H3. The fourth-order valence-corrected chi connectivity index (χ4v) is 2.80. The van der Waals surface area contributed by atoms with E-state index >= 15 is 0 Å². The van der Waals surface area contributed by atoms with Crippen molar-refractivity contribution in [2.45, 2.75) is 45.4 Å². The maximum absolute atomic E-state index is 11.9. The van der Waals surface area contributed by atoms with Crippen LogP contribution in [0.3, 0.4) is 0 Å². The predicted molar refractivity (Wildman–Crippen MR) is 61.2 cm³/mol. The Bertz CT molecular complexity index is 250. The molecule has 0 aliphatic carbocycles. The lowest BCUT2D eigenvalue weighted by Gasteiger charge is -2.27. The van der Waals surface area contributed by atoms with E-state index in [9.17, 15) is 8.42 Å². The SMILES string of the molecule is CC(C)N(CCCCl)S(=O)(=O)C(C)C. The van der Waals surface area contributed by atoms with E-state index in [1.165, 1.54) is 4.31 Å². The van der Waals surface area contributed by atoms with Gasteiger partial charge in [0, 0.05) is 18.5 Å². The molecule has 0 heterocycles. The molecule has 0 bridgehead atoms. The van der Waals surface area contributed by atoms with Gasteiger partial charge in [-0.2, -0.15) is 4.31 Å². The number of nitrogens with zero attached hydrogens (tertiary/aromatic N) is 1. The molecule has 5 heteroatoms. The molecule has 86 valence electrons. The van der Waals surface area contributed by atoms with Gasteiger partial charge in [-0.1, -0.05) is 0 Å². The van der Waals surface area contributed by atoms with Crippen molar-refractivity contribution in [1.29, 1.82) is 0 Å². The Morgan fingerprint density at radius 2 is 1.71 bits per heavy atom. The third-order valence-corrected chi connectivity index (χ3v) is 4.73. The summed E-state index contributed by atoms with van der Waals surface area (Å²) in [6, 6.07) is 0.00520. The molecule has 0 N–H and O–H groups in total. The number of halogens is 1. The van der Waals surface area contributed by atoms with Crippen molar-refractivity contribution in [3.63, 3.8) is 0 Å². The molecule has 0 radical (unpaired) electrons. The summed E-state index contributed by atoms with van der Waals surface area (Å²) in [6.45, 7) is 7.68. The second kappa shape index (κ2) is 5.93. The lowest BCUT2D eigenvalue weighted by molar-refractivity contribution is 0.351. The molecular weight excluding hydrogens is 222 g/mol. The van der Waals surface area contributed by atoms with Crippen LogP contribution in [-0.2, 0) is 10.0 Å². The van der Waals surface area contributed by atoms with Crippen molar-refractivity contribution in [2.24, 2.45) is 0 Å². The molecule has 0 saturated carbocycles. The zero-order valence-electron chi connectivity index (χ0n) is 9.33. The van der Waals surface area contributed by atoms with Crippen molar-refractivity contribution in [2.75, 3.05) is 12.4 Å². The highest BCUT2D eigenvalue weighted by Crippen LogP contribution is 2.13. The molecule has 0 aliphatic heterocycles. The molecule has 0 amide bonds. The molecule has 0 aromatic rings. The van der Waals surface area contributed by atoms with Crippen molar-refractivity contribution in [3.05, 3.63) is 0 Å². The first-order valence-corrected chi connectivity index (χ1v) is 6.94. The fourth-order valence-electron chi connectivity index (χ4n) is 1.17. The van der Waals surface area contributed by atoms with Gasteiger partial charge in [0.1, 0.15) is 0 Å². The van der Waals surface area contributed by atoms with E-state index in [1.54, 1.807) is 13.8 Å². The van der Waals surface area contributed by atoms with E-state index in [0.717, 1.165) is 0 Å². The minimum absolute atomic E-state index is 0.00520. The van der Waals surface area contributed by atoms with E-state index in [0.29, 0.717) is 18.8 Å². The number of hydrogen-bond acceptors (Lipinski definition) is 2. The Morgan fingerprint density at radius 3 is 2.00 bits per heavy atom. The molecule has 0 aromatic heterocycles. The Labute approximate surface area is 92.5 Å². The monoisotopic (exact) mass is 241 g/mol. The lowest BCUT2D eigenvalue weighted by atomic mass is 10.4. The van der Waals surface area contributed by atoms with Crippen molar-refractivity contribution in [3.8, 4) is 0 Å². The van der Waals surface area contributed by atoms with E-state index in [1.807, 2.05) is 13.8 Å². The van der Waals surface area contributed by atoms with Gasteiger partial charge >= 0.3 is 0 Å². The van der Waals surface area contributed by atoms with Crippen LogP contribution in [-0.4, -0.2) is 36.4 Å². The molecule has 14 heavy (non-hydrogen) atoms. The summed E-state index contributed by atoms with van der Waals surface area (Å²) >= 11 is 5.56. The quantitative estimate of drug-likeness (QED) is 0.668. The van der Waals surface area contributed by atoms with Crippen LogP contribution >= 0.6 is 11.6 Å². The topological polar surface area (TPSA) is 37.4 Å².